The number of ether oxygens (including phenoxy) is 1. The first kappa shape index (κ1) is 25.4. The summed E-state index contributed by atoms with van der Waals surface area (Å²) in [5.41, 5.74) is 2.11. The number of hydrogen-bond acceptors (Lipinski definition) is 7. The van der Waals surface area contributed by atoms with Crippen molar-refractivity contribution in [1.29, 1.82) is 0 Å². The van der Waals surface area contributed by atoms with E-state index < -0.39 is 10.0 Å². The number of aromatic nitrogens is 2. The van der Waals surface area contributed by atoms with Gasteiger partial charge in [0.05, 0.1) is 24.4 Å². The lowest BCUT2D eigenvalue weighted by molar-refractivity contribution is 0.0503. The number of sulfonamides is 1. The van der Waals surface area contributed by atoms with E-state index in [1.807, 2.05) is 20.8 Å². The second-order valence-corrected chi connectivity index (χ2v) is 8.56. The van der Waals surface area contributed by atoms with Crippen molar-refractivity contribution in [1.82, 2.24) is 14.9 Å². The average Bonchev–Trinajstić information content (AvgIpc) is 2.81. The Kier molecular flexibility index (Phi) is 9.70. The number of nitrogens with one attached hydrogen (secondary N) is 1. The summed E-state index contributed by atoms with van der Waals surface area (Å²) in [5.74, 6) is 0. The predicted octanol–water partition coefficient (Wildman–Crippen LogP) is 3.53. The van der Waals surface area contributed by atoms with Gasteiger partial charge < -0.3 is 9.64 Å². The van der Waals surface area contributed by atoms with Crippen LogP contribution in [0.5, 0.6) is 0 Å². The molecule has 2 aromatic carbocycles. The summed E-state index contributed by atoms with van der Waals surface area (Å²) in [7, 11) is -1.79. The molecule has 1 N–H and O–H groups in total. The number of carbonyl (C=O) groups is 1. The van der Waals surface area contributed by atoms with Crippen LogP contribution in [0.15, 0.2) is 53.7 Å². The Morgan fingerprint density at radius 3 is 2.38 bits per heavy atom. The largest absolute Gasteiger partial charge is 0.379 e. The van der Waals surface area contributed by atoms with Gasteiger partial charge in [-0.2, -0.15) is 0 Å². The minimum Gasteiger partial charge on any atom is -0.379 e. The van der Waals surface area contributed by atoms with Gasteiger partial charge in [0.15, 0.2) is 6.29 Å². The molecule has 1 aromatic heterocycles. The molecule has 0 bridgehead atoms. The molecule has 0 atom stereocenters. The van der Waals surface area contributed by atoms with Gasteiger partial charge in [0, 0.05) is 31.0 Å². The van der Waals surface area contributed by atoms with Crippen molar-refractivity contribution in [3.8, 4) is 0 Å². The van der Waals surface area contributed by atoms with Crippen LogP contribution in [0.4, 0.5) is 5.69 Å². The van der Waals surface area contributed by atoms with Gasteiger partial charge >= 0.3 is 0 Å². The number of carbonyl (C=O) groups excluding carboxylic acids is 1. The molecular formula is C23H30N4O4S. The summed E-state index contributed by atoms with van der Waals surface area (Å²) >= 11 is 0. The number of aryl methyl sites for hydroxylation is 1. The van der Waals surface area contributed by atoms with E-state index in [2.05, 4.69) is 26.6 Å². The first-order valence-corrected chi connectivity index (χ1v) is 11.9. The van der Waals surface area contributed by atoms with Gasteiger partial charge in [0.1, 0.15) is 10.4 Å². The Morgan fingerprint density at radius 1 is 1.06 bits per heavy atom. The van der Waals surface area contributed by atoms with Crippen molar-refractivity contribution < 1.29 is 17.9 Å². The maximum Gasteiger partial charge on any atom is 0.264 e. The number of para-hydroxylation sites is 1. The number of nitrogens with zero attached hydrogens (tertiary/aromatic N) is 3. The summed E-state index contributed by atoms with van der Waals surface area (Å²) in [6.45, 7) is 9.84. The quantitative estimate of drug-likeness (QED) is 0.597. The molecule has 172 valence electrons. The highest BCUT2D eigenvalue weighted by Gasteiger charge is 2.20. The lowest BCUT2D eigenvalue weighted by atomic mass is 10.1. The molecule has 1 fully saturated rings. The smallest absolute Gasteiger partial charge is 0.264 e. The van der Waals surface area contributed by atoms with Gasteiger partial charge in [0.25, 0.3) is 10.0 Å². The summed E-state index contributed by atoms with van der Waals surface area (Å²) in [4.78, 5) is 21.6. The zero-order valence-corrected chi connectivity index (χ0v) is 19.7. The Morgan fingerprint density at radius 2 is 1.75 bits per heavy atom. The van der Waals surface area contributed by atoms with Gasteiger partial charge in [-0.1, -0.05) is 26.0 Å². The van der Waals surface area contributed by atoms with E-state index in [1.54, 1.807) is 30.3 Å². The van der Waals surface area contributed by atoms with Gasteiger partial charge in [-0.3, -0.25) is 19.5 Å². The molecule has 0 saturated carbocycles. The van der Waals surface area contributed by atoms with Gasteiger partial charge in [-0.15, -0.1) is 0 Å². The molecule has 1 saturated heterocycles. The van der Waals surface area contributed by atoms with E-state index in [-0.39, 0.29) is 21.7 Å². The van der Waals surface area contributed by atoms with Crippen molar-refractivity contribution in [2.24, 2.45) is 0 Å². The van der Waals surface area contributed by atoms with Crippen LogP contribution in [-0.2, 0) is 14.8 Å². The maximum atomic E-state index is 12.7. The van der Waals surface area contributed by atoms with Gasteiger partial charge in [-0.05, 0) is 43.8 Å². The standard InChI is InChI=1S/C16H13N3O3S.C5H11NO.C2H6/c1-11-5-6-12(10-20)14(9-11)19-23(21,22)15-4-2-3-13-16(15)18-8-7-17-13;1-6-2-4-7-5-3-6;1-2/h2-10,19H,1H3;2-5H2,1H3;1-2H3. The topological polar surface area (TPSA) is 101 Å². The predicted molar refractivity (Wildman–Crippen MR) is 127 cm³/mol. The second-order valence-electron chi connectivity index (χ2n) is 6.91. The minimum absolute atomic E-state index is 0.0152. The first-order valence-electron chi connectivity index (χ1n) is 10.5. The molecule has 0 radical (unpaired) electrons. The summed E-state index contributed by atoms with van der Waals surface area (Å²) < 4.78 is 33.0. The number of rotatable bonds is 4. The van der Waals surface area contributed by atoms with Crippen LogP contribution in [-0.4, -0.2) is 62.9 Å². The van der Waals surface area contributed by atoms with Crippen molar-refractivity contribution in [2.75, 3.05) is 38.1 Å². The molecule has 9 heteroatoms. The monoisotopic (exact) mass is 458 g/mol. The molecule has 0 amide bonds. The Hall–Kier alpha value is -2.88. The van der Waals surface area contributed by atoms with Crippen LogP contribution in [0.25, 0.3) is 11.0 Å². The molecule has 0 spiro atoms. The average molecular weight is 459 g/mol. The van der Waals surface area contributed by atoms with Crippen molar-refractivity contribution >= 4 is 33.0 Å². The molecule has 0 aliphatic carbocycles. The number of fused-ring (bicyclic) bond motifs is 1. The highest BCUT2D eigenvalue weighted by molar-refractivity contribution is 7.93. The molecule has 3 aromatic rings. The summed E-state index contributed by atoms with van der Waals surface area (Å²) in [5, 5.41) is 0. The third-order valence-corrected chi connectivity index (χ3v) is 5.96. The third-order valence-electron chi connectivity index (χ3n) is 4.57. The van der Waals surface area contributed by atoms with Crippen LogP contribution in [0, 0.1) is 6.92 Å². The van der Waals surface area contributed by atoms with Crippen LogP contribution in [0.3, 0.4) is 0 Å². The normalized spacial score (nSPS) is 13.9. The Bertz CT molecular complexity index is 1120. The molecule has 1 aliphatic rings. The molecule has 0 unspecified atom stereocenters. The number of morpholine rings is 1. The zero-order valence-electron chi connectivity index (χ0n) is 18.9. The van der Waals surface area contributed by atoms with E-state index in [0.717, 1.165) is 31.9 Å². The van der Waals surface area contributed by atoms with E-state index in [1.165, 1.54) is 18.5 Å². The van der Waals surface area contributed by atoms with Crippen molar-refractivity contribution in [3.05, 3.63) is 59.9 Å². The molecule has 32 heavy (non-hydrogen) atoms. The minimum atomic E-state index is -3.90. The van der Waals surface area contributed by atoms with E-state index in [4.69, 9.17) is 4.74 Å². The Balaban J connectivity index is 0.000000340. The van der Waals surface area contributed by atoms with Crippen LogP contribution >= 0.6 is 0 Å². The number of aldehydes is 1. The van der Waals surface area contributed by atoms with Crippen molar-refractivity contribution in [2.45, 2.75) is 25.7 Å². The first-order chi connectivity index (χ1) is 15.4. The Labute approximate surface area is 189 Å². The van der Waals surface area contributed by atoms with Crippen molar-refractivity contribution in [3.63, 3.8) is 0 Å². The molecule has 2 heterocycles. The molecule has 4 rings (SSSR count). The lowest BCUT2D eigenvalue weighted by Crippen LogP contribution is -2.32. The van der Waals surface area contributed by atoms with E-state index >= 15 is 0 Å². The molecular weight excluding hydrogens is 428 g/mol. The molecule has 8 nitrogen and oxygen atoms in total. The fraction of sp³-hybridized carbons (Fsp3) is 0.348. The zero-order chi connectivity index (χ0) is 23.6. The number of hydrogen-bond donors (Lipinski definition) is 1. The second kappa shape index (κ2) is 12.2. The summed E-state index contributed by atoms with van der Waals surface area (Å²) in [6, 6.07) is 9.66. The molecule has 1 aliphatic heterocycles. The van der Waals surface area contributed by atoms with Crippen LogP contribution in [0.1, 0.15) is 29.8 Å². The number of anilines is 1. The van der Waals surface area contributed by atoms with Crippen LogP contribution in [0.2, 0.25) is 0 Å². The van der Waals surface area contributed by atoms with Crippen LogP contribution < -0.4 is 4.72 Å². The third kappa shape index (κ3) is 6.81. The fourth-order valence-electron chi connectivity index (χ4n) is 2.90. The van der Waals surface area contributed by atoms with E-state index in [0.29, 0.717) is 11.8 Å². The SMILES string of the molecule is CC.CN1CCOCC1.Cc1ccc(C=O)c(NS(=O)(=O)c2cccc3nccnc23)c1. The van der Waals surface area contributed by atoms with E-state index in [9.17, 15) is 13.2 Å². The highest BCUT2D eigenvalue weighted by atomic mass is 32.2. The van der Waals surface area contributed by atoms with Gasteiger partial charge in [0.2, 0.25) is 0 Å². The number of likely N-dealkylation sites (N-methyl/N-ethyl adjacent to an activating group) is 1. The highest BCUT2D eigenvalue weighted by Crippen LogP contribution is 2.24. The number of benzene rings is 2. The van der Waals surface area contributed by atoms with Gasteiger partial charge in [-0.25, -0.2) is 8.42 Å². The fourth-order valence-corrected chi connectivity index (χ4v) is 4.14. The lowest BCUT2D eigenvalue weighted by Gasteiger charge is -2.21. The maximum absolute atomic E-state index is 12.7. The summed E-state index contributed by atoms with van der Waals surface area (Å²) in [6.07, 6.45) is 3.54.